The second-order valence-corrected chi connectivity index (χ2v) is 3.41. The van der Waals surface area contributed by atoms with Gasteiger partial charge in [-0.15, -0.1) is 33.8 Å². The number of ether oxygens (including phenoxy) is 1. The largest absolute Gasteiger partial charge is 0.652 e. The standard InChI is InChI=1S/C7H4F3O.BrH.FH.Mg/c8-7(9,10)11-6-4-2-1-3-5-6;;;/h2-5H;2*1H;/q;;;+1/p-1. The van der Waals surface area contributed by atoms with Gasteiger partial charge in [0.05, 0.1) is 0 Å². The fourth-order valence-corrected chi connectivity index (χ4v) is 1.19. The Morgan fingerprint density at radius 3 is 1.93 bits per heavy atom. The first-order valence-electron chi connectivity index (χ1n) is 3.42. The maximum atomic E-state index is 12.1. The molecular weight excluding hydrogens is 280 g/mol. The lowest BCUT2D eigenvalue weighted by Crippen LogP contribution is -2.18. The van der Waals surface area contributed by atoms with Gasteiger partial charge in [0.2, 0.25) is 0 Å². The van der Waals surface area contributed by atoms with Crippen LogP contribution in [0.2, 0.25) is 0 Å². The molecule has 0 aliphatic heterocycles. The SMILES string of the molecule is Br.[F][Mg][c]1ccc(OC(F)(F)F)cc1. The molecule has 0 aliphatic carbocycles. The van der Waals surface area contributed by atoms with Crippen molar-refractivity contribution in [3.63, 3.8) is 0 Å². The molecule has 0 saturated heterocycles. The third-order valence-electron chi connectivity index (χ3n) is 1.31. The van der Waals surface area contributed by atoms with Crippen molar-refractivity contribution in [3.8, 4) is 5.75 Å². The van der Waals surface area contributed by atoms with E-state index in [1.54, 1.807) is 0 Å². The molecule has 7 heteroatoms. The highest BCUT2D eigenvalue weighted by Crippen LogP contribution is 2.21. The fraction of sp³-hybridized carbons (Fsp3) is 0.143. The van der Waals surface area contributed by atoms with Gasteiger partial charge in [0.15, 0.2) is 0 Å². The van der Waals surface area contributed by atoms with Crippen LogP contribution in [-0.4, -0.2) is 27.3 Å². The first-order valence-corrected chi connectivity index (χ1v) is 4.66. The van der Waals surface area contributed by atoms with E-state index in [-0.39, 0.29) is 22.7 Å². The average Bonchev–Trinajstić information content (AvgIpc) is 2.03. The number of hydrogen-bond acceptors (Lipinski definition) is 1. The van der Waals surface area contributed by atoms with E-state index >= 15 is 0 Å². The van der Waals surface area contributed by atoms with Gasteiger partial charge in [-0.2, -0.15) is 0 Å². The summed E-state index contributed by atoms with van der Waals surface area (Å²) in [6.07, 6.45) is -4.69. The molecule has 0 bridgehead atoms. The summed E-state index contributed by atoms with van der Waals surface area (Å²) in [5.74, 6) is -0.321. The van der Waals surface area contributed by atoms with Gasteiger partial charge in [-0.05, 0) is 12.1 Å². The summed E-state index contributed by atoms with van der Waals surface area (Å²) in [5.41, 5.74) is 0. The van der Waals surface area contributed by atoms with Crippen LogP contribution in [0.25, 0.3) is 0 Å². The number of hydrogen-bond donors (Lipinski definition) is 0. The minimum Gasteiger partial charge on any atom is -0.475 e. The van der Waals surface area contributed by atoms with Crippen molar-refractivity contribution >= 4 is 41.6 Å². The molecule has 0 aliphatic rings. The molecule has 0 unspecified atom stereocenters. The van der Waals surface area contributed by atoms with E-state index in [1.165, 1.54) is 12.1 Å². The van der Waals surface area contributed by atoms with Crippen LogP contribution in [0, 0.1) is 0 Å². The second-order valence-electron chi connectivity index (χ2n) is 2.33. The van der Waals surface area contributed by atoms with Crippen LogP contribution in [0.4, 0.5) is 16.1 Å². The molecule has 0 heterocycles. The van der Waals surface area contributed by atoms with Crippen LogP contribution in [0.3, 0.4) is 0 Å². The molecule has 0 N–H and O–H groups in total. The molecule has 1 aromatic carbocycles. The third kappa shape index (κ3) is 5.01. The van der Waals surface area contributed by atoms with Crippen molar-refractivity contribution in [2.75, 3.05) is 0 Å². The number of benzene rings is 1. The zero-order chi connectivity index (χ0) is 9.90. The summed E-state index contributed by atoms with van der Waals surface area (Å²) in [6.45, 7) is 0. The summed E-state index contributed by atoms with van der Waals surface area (Å²) in [6, 6.07) is 4.81. The Bertz CT molecular complexity index is 274. The molecule has 0 aromatic heterocycles. The molecule has 14 heavy (non-hydrogen) atoms. The molecule has 0 spiro atoms. The van der Waals surface area contributed by atoms with Crippen LogP contribution in [0.1, 0.15) is 0 Å². The first kappa shape index (κ1) is 14.0. The van der Waals surface area contributed by atoms with Gasteiger partial charge in [-0.3, -0.25) is 0 Å². The maximum Gasteiger partial charge on any atom is 0.652 e. The molecule has 0 atom stereocenters. The van der Waals surface area contributed by atoms with Gasteiger partial charge in [-0.1, -0.05) is 12.1 Å². The van der Waals surface area contributed by atoms with E-state index in [0.29, 0.717) is 3.69 Å². The predicted molar refractivity (Wildman–Crippen MR) is 49.9 cm³/mol. The lowest BCUT2D eigenvalue weighted by molar-refractivity contribution is -0.274. The molecule has 76 valence electrons. The van der Waals surface area contributed by atoms with E-state index in [4.69, 9.17) is 0 Å². The van der Waals surface area contributed by atoms with Crippen LogP contribution in [-0.2, 0) is 0 Å². The van der Waals surface area contributed by atoms with Gasteiger partial charge >= 0.3 is 27.3 Å². The summed E-state index contributed by atoms with van der Waals surface area (Å²) >= 11 is -1.80. The van der Waals surface area contributed by atoms with E-state index in [0.717, 1.165) is 12.1 Å². The zero-order valence-corrected chi connectivity index (χ0v) is 9.97. The molecular formula is C7H5BrF4MgO. The normalized spacial score (nSPS) is 10.0. The highest BCUT2D eigenvalue weighted by atomic mass is 79.9. The molecule has 0 amide bonds. The molecule has 1 nitrogen and oxygen atoms in total. The second kappa shape index (κ2) is 5.77. The van der Waals surface area contributed by atoms with Crippen molar-refractivity contribution in [1.82, 2.24) is 0 Å². The Morgan fingerprint density at radius 2 is 1.57 bits per heavy atom. The van der Waals surface area contributed by atoms with E-state index in [2.05, 4.69) is 4.74 Å². The van der Waals surface area contributed by atoms with E-state index in [1.807, 2.05) is 0 Å². The summed E-state index contributed by atoms with van der Waals surface area (Å²) in [5, 5.41) is 0. The Balaban J connectivity index is 0.00000169. The third-order valence-corrected chi connectivity index (χ3v) is 2.09. The quantitative estimate of drug-likeness (QED) is 0.599. The first-order chi connectivity index (χ1) is 6.01. The lowest BCUT2D eigenvalue weighted by Gasteiger charge is -2.08. The number of alkyl halides is 3. The minimum atomic E-state index is -4.69. The van der Waals surface area contributed by atoms with Gasteiger partial charge in [-0.25, -0.2) is 0 Å². The van der Waals surface area contributed by atoms with Crippen molar-refractivity contribution < 1.29 is 20.9 Å². The molecule has 1 aromatic rings. The zero-order valence-electron chi connectivity index (χ0n) is 6.84. The van der Waals surface area contributed by atoms with Gasteiger partial charge < -0.3 is 7.69 Å². The highest BCUT2D eigenvalue weighted by molar-refractivity contribution is 8.93. The van der Waals surface area contributed by atoms with Crippen LogP contribution < -0.4 is 8.43 Å². The summed E-state index contributed by atoms with van der Waals surface area (Å²) in [4.78, 5) is 0. The summed E-state index contributed by atoms with van der Waals surface area (Å²) in [7, 11) is 0. The van der Waals surface area contributed by atoms with Crippen LogP contribution in [0.5, 0.6) is 5.75 Å². The lowest BCUT2D eigenvalue weighted by atomic mass is 10.3. The summed E-state index contributed by atoms with van der Waals surface area (Å²) < 4.78 is 51.0. The van der Waals surface area contributed by atoms with Crippen molar-refractivity contribution in [1.29, 1.82) is 0 Å². The van der Waals surface area contributed by atoms with Gasteiger partial charge in [0, 0.05) is 0 Å². The molecule has 0 radical (unpaired) electrons. The number of halogens is 5. The average molecular weight is 285 g/mol. The Morgan fingerprint density at radius 1 is 1.07 bits per heavy atom. The topological polar surface area (TPSA) is 9.23 Å². The van der Waals surface area contributed by atoms with Gasteiger partial charge in [0.1, 0.15) is 5.75 Å². The smallest absolute Gasteiger partial charge is 0.475 e. The Hall–Kier alpha value is -0.0138. The van der Waals surface area contributed by atoms with Crippen LogP contribution >= 0.6 is 17.0 Å². The van der Waals surface area contributed by atoms with Gasteiger partial charge in [0.25, 0.3) is 0 Å². The van der Waals surface area contributed by atoms with Crippen molar-refractivity contribution in [3.05, 3.63) is 24.3 Å². The Labute approximate surface area is 98.7 Å². The fourth-order valence-electron chi connectivity index (χ4n) is 0.780. The molecule has 0 saturated carbocycles. The molecule has 0 fully saturated rings. The van der Waals surface area contributed by atoms with Crippen LogP contribution in [0.15, 0.2) is 24.3 Å². The van der Waals surface area contributed by atoms with E-state index < -0.39 is 27.3 Å². The predicted octanol–water partition coefficient (Wildman–Crippen LogP) is 2.38. The monoisotopic (exact) mass is 284 g/mol. The highest BCUT2D eigenvalue weighted by Gasteiger charge is 2.30. The van der Waals surface area contributed by atoms with Crippen molar-refractivity contribution in [2.45, 2.75) is 6.36 Å². The maximum absolute atomic E-state index is 12.1. The van der Waals surface area contributed by atoms with E-state index in [9.17, 15) is 16.1 Å². The van der Waals surface area contributed by atoms with Crippen molar-refractivity contribution in [2.24, 2.45) is 0 Å². The molecule has 1 rings (SSSR count). The minimum absolute atomic E-state index is 0. The number of rotatable bonds is 2. The Kier molecular flexibility index (Phi) is 5.76.